The van der Waals surface area contributed by atoms with Crippen LogP contribution in [0, 0.1) is 0 Å². The van der Waals surface area contributed by atoms with E-state index in [4.69, 9.17) is 5.73 Å². The summed E-state index contributed by atoms with van der Waals surface area (Å²) >= 11 is 3.58. The van der Waals surface area contributed by atoms with Gasteiger partial charge in [-0.1, -0.05) is 37.6 Å². The Hall–Kier alpha value is -1.13. The number of rotatable bonds is 4. The molecule has 0 unspecified atom stereocenters. The molecular weight excluding hydrogens is 290 g/mol. The van der Waals surface area contributed by atoms with Gasteiger partial charge < -0.3 is 5.73 Å². The standard InChI is InChI=1S/C14H18BrN3/c1-3-4-10-5-7-11(8-6-10)14-13(15)12(9-16)17-18(14)2/h5-8H,3-4,9,16H2,1-2H3. The zero-order chi connectivity index (χ0) is 13.1. The lowest BCUT2D eigenvalue weighted by atomic mass is 10.1. The Labute approximate surface area is 116 Å². The Morgan fingerprint density at radius 3 is 2.44 bits per heavy atom. The number of hydrogen-bond donors (Lipinski definition) is 1. The van der Waals surface area contributed by atoms with Gasteiger partial charge >= 0.3 is 0 Å². The third-order valence-corrected chi connectivity index (χ3v) is 3.85. The maximum absolute atomic E-state index is 5.67. The first-order valence-electron chi connectivity index (χ1n) is 6.18. The zero-order valence-corrected chi connectivity index (χ0v) is 12.4. The first-order chi connectivity index (χ1) is 8.67. The highest BCUT2D eigenvalue weighted by atomic mass is 79.9. The SMILES string of the molecule is CCCc1ccc(-c2c(Br)c(CN)nn2C)cc1. The fraction of sp³-hybridized carbons (Fsp3) is 0.357. The second kappa shape index (κ2) is 5.67. The first kappa shape index (κ1) is 13.3. The molecule has 0 amide bonds. The van der Waals surface area contributed by atoms with E-state index in [9.17, 15) is 0 Å². The van der Waals surface area contributed by atoms with E-state index in [1.54, 1.807) is 0 Å². The second-order valence-corrected chi connectivity index (χ2v) is 5.18. The fourth-order valence-corrected chi connectivity index (χ4v) is 2.84. The first-order valence-corrected chi connectivity index (χ1v) is 6.97. The second-order valence-electron chi connectivity index (χ2n) is 4.38. The topological polar surface area (TPSA) is 43.8 Å². The van der Waals surface area contributed by atoms with Gasteiger partial charge in [0.1, 0.15) is 0 Å². The van der Waals surface area contributed by atoms with Gasteiger partial charge in [0.15, 0.2) is 0 Å². The van der Waals surface area contributed by atoms with Gasteiger partial charge in [0.05, 0.1) is 15.9 Å². The number of benzene rings is 1. The average molecular weight is 308 g/mol. The molecule has 2 N–H and O–H groups in total. The largest absolute Gasteiger partial charge is 0.325 e. The van der Waals surface area contributed by atoms with Crippen LogP contribution in [0.3, 0.4) is 0 Å². The molecular formula is C14H18BrN3. The fourth-order valence-electron chi connectivity index (χ4n) is 2.12. The Balaban J connectivity index is 2.39. The highest BCUT2D eigenvalue weighted by Crippen LogP contribution is 2.30. The van der Waals surface area contributed by atoms with Gasteiger partial charge in [0.25, 0.3) is 0 Å². The minimum Gasteiger partial charge on any atom is -0.325 e. The van der Waals surface area contributed by atoms with Crippen molar-refractivity contribution in [3.05, 3.63) is 40.0 Å². The molecule has 0 atom stereocenters. The van der Waals surface area contributed by atoms with Crippen molar-refractivity contribution in [2.75, 3.05) is 0 Å². The van der Waals surface area contributed by atoms with Crippen LogP contribution >= 0.6 is 15.9 Å². The molecule has 1 aromatic heterocycles. The molecule has 1 aromatic carbocycles. The van der Waals surface area contributed by atoms with Gasteiger partial charge in [-0.3, -0.25) is 4.68 Å². The van der Waals surface area contributed by atoms with Crippen LogP contribution in [0.15, 0.2) is 28.7 Å². The minimum atomic E-state index is 0.447. The van der Waals surface area contributed by atoms with Crippen LogP contribution < -0.4 is 5.73 Å². The summed E-state index contributed by atoms with van der Waals surface area (Å²) in [5.41, 5.74) is 10.2. The van der Waals surface area contributed by atoms with Crippen molar-refractivity contribution in [2.45, 2.75) is 26.3 Å². The van der Waals surface area contributed by atoms with E-state index in [-0.39, 0.29) is 0 Å². The zero-order valence-electron chi connectivity index (χ0n) is 10.8. The van der Waals surface area contributed by atoms with Crippen LogP contribution in [0.4, 0.5) is 0 Å². The lowest BCUT2D eigenvalue weighted by Crippen LogP contribution is -1.99. The highest BCUT2D eigenvalue weighted by Gasteiger charge is 2.14. The van der Waals surface area contributed by atoms with Crippen molar-refractivity contribution in [3.8, 4) is 11.3 Å². The summed E-state index contributed by atoms with van der Waals surface area (Å²) in [5, 5.41) is 4.41. The van der Waals surface area contributed by atoms with Crippen molar-refractivity contribution in [3.63, 3.8) is 0 Å². The number of halogens is 1. The van der Waals surface area contributed by atoms with Crippen LogP contribution in [0.25, 0.3) is 11.3 Å². The molecule has 0 spiro atoms. The van der Waals surface area contributed by atoms with Crippen molar-refractivity contribution in [2.24, 2.45) is 12.8 Å². The quantitative estimate of drug-likeness (QED) is 0.942. The van der Waals surface area contributed by atoms with E-state index < -0.39 is 0 Å². The van der Waals surface area contributed by atoms with Crippen LogP contribution in [-0.2, 0) is 20.0 Å². The van der Waals surface area contributed by atoms with Crippen LogP contribution in [0.2, 0.25) is 0 Å². The van der Waals surface area contributed by atoms with Gasteiger partial charge in [0, 0.05) is 19.2 Å². The monoisotopic (exact) mass is 307 g/mol. The third kappa shape index (κ3) is 2.49. The predicted octanol–water partition coefficient (Wildman–Crippen LogP) is 3.26. The van der Waals surface area contributed by atoms with Crippen LogP contribution in [-0.4, -0.2) is 9.78 Å². The Morgan fingerprint density at radius 2 is 1.94 bits per heavy atom. The van der Waals surface area contributed by atoms with E-state index in [1.807, 2.05) is 11.7 Å². The smallest absolute Gasteiger partial charge is 0.0908 e. The molecule has 0 aliphatic heterocycles. The summed E-state index contributed by atoms with van der Waals surface area (Å²) in [6, 6.07) is 8.65. The van der Waals surface area contributed by atoms with Crippen molar-refractivity contribution < 1.29 is 0 Å². The third-order valence-electron chi connectivity index (χ3n) is 3.01. The maximum atomic E-state index is 5.67. The summed E-state index contributed by atoms with van der Waals surface area (Å²) in [4.78, 5) is 0. The van der Waals surface area contributed by atoms with E-state index in [2.05, 4.69) is 52.2 Å². The Kier molecular flexibility index (Phi) is 4.19. The van der Waals surface area contributed by atoms with Gasteiger partial charge in [-0.2, -0.15) is 5.10 Å². The van der Waals surface area contributed by atoms with Crippen molar-refractivity contribution >= 4 is 15.9 Å². The number of aryl methyl sites for hydroxylation is 2. The lowest BCUT2D eigenvalue weighted by molar-refractivity contribution is 0.749. The van der Waals surface area contributed by atoms with Gasteiger partial charge in [-0.15, -0.1) is 0 Å². The molecule has 96 valence electrons. The molecule has 2 aromatic rings. The summed E-state index contributed by atoms with van der Waals surface area (Å²) in [6.07, 6.45) is 2.30. The molecule has 0 aliphatic rings. The molecule has 0 aliphatic carbocycles. The molecule has 0 fully saturated rings. The highest BCUT2D eigenvalue weighted by molar-refractivity contribution is 9.10. The van der Waals surface area contributed by atoms with Gasteiger partial charge in [0.2, 0.25) is 0 Å². The summed E-state index contributed by atoms with van der Waals surface area (Å²) in [5.74, 6) is 0. The summed E-state index contributed by atoms with van der Waals surface area (Å²) in [7, 11) is 1.94. The molecule has 0 bridgehead atoms. The number of aromatic nitrogens is 2. The molecule has 0 radical (unpaired) electrons. The van der Waals surface area contributed by atoms with E-state index in [0.29, 0.717) is 6.54 Å². The summed E-state index contributed by atoms with van der Waals surface area (Å²) < 4.78 is 2.87. The molecule has 18 heavy (non-hydrogen) atoms. The van der Waals surface area contributed by atoms with E-state index in [0.717, 1.165) is 27.8 Å². The van der Waals surface area contributed by atoms with E-state index >= 15 is 0 Å². The number of nitrogens with zero attached hydrogens (tertiary/aromatic N) is 2. The Bertz CT molecular complexity index is 529. The number of nitrogens with two attached hydrogens (primary N) is 1. The molecule has 0 saturated heterocycles. The minimum absolute atomic E-state index is 0.447. The van der Waals surface area contributed by atoms with Gasteiger partial charge in [-0.05, 0) is 27.9 Å². The maximum Gasteiger partial charge on any atom is 0.0908 e. The Morgan fingerprint density at radius 1 is 1.28 bits per heavy atom. The normalized spacial score (nSPS) is 10.9. The molecule has 2 rings (SSSR count). The number of hydrogen-bond acceptors (Lipinski definition) is 2. The summed E-state index contributed by atoms with van der Waals surface area (Å²) in [6.45, 7) is 2.64. The van der Waals surface area contributed by atoms with Crippen molar-refractivity contribution in [1.29, 1.82) is 0 Å². The average Bonchev–Trinajstić information content (AvgIpc) is 2.66. The molecule has 3 nitrogen and oxygen atoms in total. The van der Waals surface area contributed by atoms with Crippen molar-refractivity contribution in [1.82, 2.24) is 9.78 Å². The molecule has 1 heterocycles. The van der Waals surface area contributed by atoms with E-state index in [1.165, 1.54) is 12.0 Å². The van der Waals surface area contributed by atoms with Crippen LogP contribution in [0.1, 0.15) is 24.6 Å². The predicted molar refractivity (Wildman–Crippen MR) is 78.2 cm³/mol. The lowest BCUT2D eigenvalue weighted by Gasteiger charge is -2.05. The molecule has 0 saturated carbocycles. The van der Waals surface area contributed by atoms with Gasteiger partial charge in [-0.25, -0.2) is 0 Å². The van der Waals surface area contributed by atoms with Crippen LogP contribution in [0.5, 0.6) is 0 Å². The molecule has 4 heteroatoms.